The van der Waals surface area contributed by atoms with Crippen LogP contribution in [0, 0.1) is 0 Å². The zero-order valence-corrected chi connectivity index (χ0v) is 15.5. The molecule has 0 atom stereocenters. The van der Waals surface area contributed by atoms with Gasteiger partial charge in [-0.25, -0.2) is 0 Å². The van der Waals surface area contributed by atoms with E-state index in [1.807, 2.05) is 55.1 Å². The highest BCUT2D eigenvalue weighted by Crippen LogP contribution is 2.51. The number of aromatic hydroxyl groups is 1. The molecule has 1 heterocycles. The van der Waals surface area contributed by atoms with Gasteiger partial charge in [0.15, 0.2) is 5.75 Å². The summed E-state index contributed by atoms with van der Waals surface area (Å²) in [5.41, 5.74) is 0.395. The van der Waals surface area contributed by atoms with Crippen LogP contribution >= 0.6 is 0 Å². The van der Waals surface area contributed by atoms with Crippen LogP contribution in [0.2, 0.25) is 0 Å². The average Bonchev–Trinajstić information content (AvgIpc) is 2.90. The molecule has 6 nitrogen and oxygen atoms in total. The van der Waals surface area contributed by atoms with Crippen molar-refractivity contribution in [2.24, 2.45) is 0 Å². The van der Waals surface area contributed by atoms with Gasteiger partial charge in [0.2, 0.25) is 5.43 Å². The summed E-state index contributed by atoms with van der Waals surface area (Å²) in [5.74, 6) is -1.46. The summed E-state index contributed by atoms with van der Waals surface area (Å²) < 4.78 is 0. The zero-order valence-electron chi connectivity index (χ0n) is 15.5. The molecular weight excluding hydrogens is 358 g/mol. The van der Waals surface area contributed by atoms with Gasteiger partial charge in [-0.05, 0) is 28.5 Å². The molecule has 0 bridgehead atoms. The summed E-state index contributed by atoms with van der Waals surface area (Å²) in [6.45, 7) is 4.20. The van der Waals surface area contributed by atoms with Crippen LogP contribution in [0.25, 0.3) is 16.8 Å². The first-order valence-corrected chi connectivity index (χ1v) is 8.99. The molecule has 1 aliphatic heterocycles. The Morgan fingerprint density at radius 1 is 1.11 bits per heavy atom. The summed E-state index contributed by atoms with van der Waals surface area (Å²) in [7, 11) is 0. The maximum absolute atomic E-state index is 11.9. The van der Waals surface area contributed by atoms with Crippen molar-refractivity contribution in [3.63, 3.8) is 0 Å². The minimum Gasteiger partial charge on any atom is -0.504 e. The van der Waals surface area contributed by atoms with Gasteiger partial charge >= 0.3 is 5.97 Å². The molecule has 6 heteroatoms. The third-order valence-electron chi connectivity index (χ3n) is 5.51. The molecule has 1 aliphatic rings. The first kappa shape index (κ1) is 18.0. The molecule has 0 radical (unpaired) electrons. The smallest absolute Gasteiger partial charge is 0.305 e. The van der Waals surface area contributed by atoms with Gasteiger partial charge in [0.1, 0.15) is 0 Å². The highest BCUT2D eigenvalue weighted by molar-refractivity contribution is 5.96. The van der Waals surface area contributed by atoms with Crippen molar-refractivity contribution in [2.45, 2.75) is 25.7 Å². The van der Waals surface area contributed by atoms with Gasteiger partial charge in [-0.1, -0.05) is 44.2 Å². The van der Waals surface area contributed by atoms with E-state index in [4.69, 9.17) is 0 Å². The number of carboxylic acids is 1. The van der Waals surface area contributed by atoms with E-state index in [0.29, 0.717) is 5.70 Å². The second-order valence-corrected chi connectivity index (χ2v) is 7.55. The van der Waals surface area contributed by atoms with E-state index in [0.717, 1.165) is 22.0 Å². The first-order chi connectivity index (χ1) is 13.2. The molecule has 0 spiro atoms. The molecule has 0 amide bonds. The minimum atomic E-state index is -0.927. The summed E-state index contributed by atoms with van der Waals surface area (Å²) >= 11 is 0. The van der Waals surface area contributed by atoms with E-state index in [-0.39, 0.29) is 18.5 Å². The SMILES string of the molecule is CC1(C)/C(=C/c2c(O)c(=O)c2=O)N(CCC(=O)O)c2ccc3ccccc3c21. The molecule has 4 rings (SSSR count). The van der Waals surface area contributed by atoms with E-state index in [1.165, 1.54) is 6.08 Å². The van der Waals surface area contributed by atoms with Gasteiger partial charge < -0.3 is 15.1 Å². The number of benzene rings is 2. The molecule has 0 saturated heterocycles. The Morgan fingerprint density at radius 3 is 2.50 bits per heavy atom. The number of hydrogen-bond donors (Lipinski definition) is 2. The fourth-order valence-electron chi connectivity index (χ4n) is 4.11. The molecule has 0 saturated carbocycles. The number of anilines is 1. The monoisotopic (exact) mass is 377 g/mol. The van der Waals surface area contributed by atoms with E-state index in [9.17, 15) is 24.6 Å². The van der Waals surface area contributed by atoms with Crippen LogP contribution in [0.15, 0.2) is 51.7 Å². The van der Waals surface area contributed by atoms with E-state index < -0.39 is 28.0 Å². The summed E-state index contributed by atoms with van der Waals surface area (Å²) in [6, 6.07) is 11.9. The van der Waals surface area contributed by atoms with Gasteiger partial charge in [-0.3, -0.25) is 14.4 Å². The number of carbonyl (C=O) groups is 1. The Hall–Kier alpha value is -3.41. The van der Waals surface area contributed by atoms with Crippen LogP contribution in [0.1, 0.15) is 31.4 Å². The molecule has 3 aromatic rings. The van der Waals surface area contributed by atoms with Gasteiger partial charge in [0, 0.05) is 23.3 Å². The summed E-state index contributed by atoms with van der Waals surface area (Å²) in [4.78, 5) is 36.4. The molecule has 0 fully saturated rings. The normalized spacial score (nSPS) is 16.8. The second-order valence-electron chi connectivity index (χ2n) is 7.55. The lowest BCUT2D eigenvalue weighted by Crippen LogP contribution is -2.34. The number of hydrogen-bond acceptors (Lipinski definition) is 5. The van der Waals surface area contributed by atoms with Gasteiger partial charge in [0.25, 0.3) is 5.43 Å². The van der Waals surface area contributed by atoms with Crippen molar-refractivity contribution < 1.29 is 15.0 Å². The lowest BCUT2D eigenvalue weighted by Gasteiger charge is -2.27. The van der Waals surface area contributed by atoms with Crippen molar-refractivity contribution in [2.75, 3.05) is 11.4 Å². The molecule has 28 heavy (non-hydrogen) atoms. The van der Waals surface area contributed by atoms with Crippen LogP contribution in [0.5, 0.6) is 5.75 Å². The van der Waals surface area contributed by atoms with E-state index in [1.54, 1.807) is 0 Å². The van der Waals surface area contributed by atoms with Gasteiger partial charge in [-0.15, -0.1) is 0 Å². The molecular formula is C22H19NO5. The molecule has 2 N–H and O–H groups in total. The Morgan fingerprint density at radius 2 is 1.82 bits per heavy atom. The quantitative estimate of drug-likeness (QED) is 0.679. The van der Waals surface area contributed by atoms with Gasteiger partial charge in [0.05, 0.1) is 12.0 Å². The van der Waals surface area contributed by atoms with Crippen molar-refractivity contribution in [3.05, 3.63) is 73.7 Å². The minimum absolute atomic E-state index is 0.0227. The average molecular weight is 377 g/mol. The van der Waals surface area contributed by atoms with Crippen LogP contribution in [-0.2, 0) is 10.2 Å². The van der Waals surface area contributed by atoms with E-state index >= 15 is 0 Å². The fourth-order valence-corrected chi connectivity index (χ4v) is 4.11. The van der Waals surface area contributed by atoms with Crippen LogP contribution in [0.3, 0.4) is 0 Å². The molecule has 142 valence electrons. The number of aliphatic carboxylic acids is 1. The Kier molecular flexibility index (Phi) is 3.89. The highest BCUT2D eigenvalue weighted by atomic mass is 16.4. The number of allylic oxidation sites excluding steroid dienone is 1. The first-order valence-electron chi connectivity index (χ1n) is 8.99. The fraction of sp³-hybridized carbons (Fsp3) is 0.227. The Labute approximate surface area is 160 Å². The number of fused-ring (bicyclic) bond motifs is 3. The maximum Gasteiger partial charge on any atom is 0.305 e. The topological polar surface area (TPSA) is 94.9 Å². The Balaban J connectivity index is 1.96. The van der Waals surface area contributed by atoms with Gasteiger partial charge in [-0.2, -0.15) is 0 Å². The molecule has 0 aromatic heterocycles. The summed E-state index contributed by atoms with van der Waals surface area (Å²) in [6.07, 6.45) is 1.44. The van der Waals surface area contributed by atoms with Crippen LogP contribution < -0.4 is 15.8 Å². The maximum atomic E-state index is 11.9. The number of nitrogens with zero attached hydrogens (tertiary/aromatic N) is 1. The molecule has 0 aliphatic carbocycles. The van der Waals surface area contributed by atoms with Crippen molar-refractivity contribution in [3.8, 4) is 5.75 Å². The highest BCUT2D eigenvalue weighted by Gasteiger charge is 2.42. The molecule has 3 aromatic carbocycles. The number of carboxylic acid groups (broad SMARTS) is 1. The zero-order chi connectivity index (χ0) is 20.2. The largest absolute Gasteiger partial charge is 0.504 e. The van der Waals surface area contributed by atoms with Crippen LogP contribution in [0.4, 0.5) is 5.69 Å². The lowest BCUT2D eigenvalue weighted by molar-refractivity contribution is -0.136. The summed E-state index contributed by atoms with van der Waals surface area (Å²) in [5, 5.41) is 21.1. The third kappa shape index (κ3) is 2.45. The molecule has 0 unspecified atom stereocenters. The van der Waals surface area contributed by atoms with Crippen molar-refractivity contribution >= 4 is 28.5 Å². The van der Waals surface area contributed by atoms with Crippen molar-refractivity contribution in [1.29, 1.82) is 0 Å². The predicted molar refractivity (Wildman–Crippen MR) is 108 cm³/mol. The number of rotatable bonds is 4. The van der Waals surface area contributed by atoms with E-state index in [2.05, 4.69) is 0 Å². The Bertz CT molecular complexity index is 1230. The standard InChI is InChI=1S/C22H19NO5/c1-22(2)16(11-14-19(26)21(28)20(14)27)23(10-9-17(24)25)15-8-7-12-5-3-4-6-13(12)18(15)22/h3-8,11,26H,9-10H2,1-2H3,(H,24,25)/b16-11-. The van der Waals surface area contributed by atoms with Crippen LogP contribution in [-0.4, -0.2) is 22.7 Å². The third-order valence-corrected chi connectivity index (χ3v) is 5.51. The van der Waals surface area contributed by atoms with Crippen molar-refractivity contribution in [1.82, 2.24) is 0 Å². The lowest BCUT2D eigenvalue weighted by atomic mass is 9.80. The second kappa shape index (κ2) is 6.05. The predicted octanol–water partition coefficient (Wildman–Crippen LogP) is 2.75.